The van der Waals surface area contributed by atoms with Crippen LogP contribution in [0.4, 0.5) is 5.13 Å². The molecule has 17 heavy (non-hydrogen) atoms. The zero-order chi connectivity index (χ0) is 12.3. The smallest absolute Gasteiger partial charge is 0.271 e. The fourth-order valence-corrected chi connectivity index (χ4v) is 1.94. The largest absolute Gasteiger partial charge is 0.375 e. The van der Waals surface area contributed by atoms with Crippen molar-refractivity contribution >= 4 is 22.4 Å². The SMILES string of the molecule is C[C@H](NC(=O)c1csc(N)n1)c1ccncc1. The minimum absolute atomic E-state index is 0.0894. The molecular weight excluding hydrogens is 236 g/mol. The number of amides is 1. The number of aromatic nitrogens is 2. The van der Waals surface area contributed by atoms with E-state index in [0.29, 0.717) is 10.8 Å². The molecule has 2 aromatic rings. The van der Waals surface area contributed by atoms with Crippen molar-refractivity contribution in [3.63, 3.8) is 0 Å². The Hall–Kier alpha value is -1.95. The predicted molar refractivity (Wildman–Crippen MR) is 66.6 cm³/mol. The van der Waals surface area contributed by atoms with Gasteiger partial charge in [-0.3, -0.25) is 9.78 Å². The first-order valence-electron chi connectivity index (χ1n) is 5.08. The van der Waals surface area contributed by atoms with E-state index in [1.807, 2.05) is 19.1 Å². The quantitative estimate of drug-likeness (QED) is 0.864. The predicted octanol–water partition coefficient (Wildman–Crippen LogP) is 1.61. The fraction of sp³-hybridized carbons (Fsp3) is 0.182. The van der Waals surface area contributed by atoms with E-state index in [0.717, 1.165) is 5.56 Å². The van der Waals surface area contributed by atoms with E-state index in [4.69, 9.17) is 5.73 Å². The van der Waals surface area contributed by atoms with Gasteiger partial charge in [-0.2, -0.15) is 0 Å². The van der Waals surface area contributed by atoms with Gasteiger partial charge in [0, 0.05) is 17.8 Å². The Bertz CT molecular complexity index is 511. The topological polar surface area (TPSA) is 80.9 Å². The number of thiazole rings is 1. The number of anilines is 1. The van der Waals surface area contributed by atoms with E-state index >= 15 is 0 Å². The van der Waals surface area contributed by atoms with Crippen LogP contribution in [0.3, 0.4) is 0 Å². The minimum atomic E-state index is -0.220. The van der Waals surface area contributed by atoms with E-state index in [2.05, 4.69) is 15.3 Å². The van der Waals surface area contributed by atoms with Gasteiger partial charge in [0.05, 0.1) is 6.04 Å². The van der Waals surface area contributed by atoms with Crippen LogP contribution in [0.1, 0.15) is 29.0 Å². The Balaban J connectivity index is 2.04. The van der Waals surface area contributed by atoms with Crippen molar-refractivity contribution in [2.75, 3.05) is 5.73 Å². The molecule has 3 N–H and O–H groups in total. The van der Waals surface area contributed by atoms with Gasteiger partial charge in [-0.25, -0.2) is 4.98 Å². The molecule has 0 aliphatic carbocycles. The minimum Gasteiger partial charge on any atom is -0.375 e. The lowest BCUT2D eigenvalue weighted by atomic mass is 10.1. The average molecular weight is 248 g/mol. The van der Waals surface area contributed by atoms with Crippen molar-refractivity contribution in [2.24, 2.45) is 0 Å². The number of nitrogen functional groups attached to an aromatic ring is 1. The first-order valence-corrected chi connectivity index (χ1v) is 5.96. The van der Waals surface area contributed by atoms with Gasteiger partial charge in [0.2, 0.25) is 0 Å². The van der Waals surface area contributed by atoms with Crippen LogP contribution in [-0.4, -0.2) is 15.9 Å². The lowest BCUT2D eigenvalue weighted by molar-refractivity contribution is 0.0935. The molecule has 1 amide bonds. The van der Waals surface area contributed by atoms with Crippen molar-refractivity contribution in [3.8, 4) is 0 Å². The normalized spacial score (nSPS) is 12.1. The Morgan fingerprint density at radius 1 is 1.47 bits per heavy atom. The molecule has 0 spiro atoms. The van der Waals surface area contributed by atoms with Crippen LogP contribution in [0.2, 0.25) is 0 Å². The molecule has 0 aliphatic rings. The van der Waals surface area contributed by atoms with Gasteiger partial charge >= 0.3 is 0 Å². The van der Waals surface area contributed by atoms with Crippen LogP contribution in [0, 0.1) is 0 Å². The maximum Gasteiger partial charge on any atom is 0.271 e. The van der Waals surface area contributed by atoms with E-state index in [-0.39, 0.29) is 11.9 Å². The number of nitrogens with zero attached hydrogens (tertiary/aromatic N) is 2. The third-order valence-corrected chi connectivity index (χ3v) is 2.98. The summed E-state index contributed by atoms with van der Waals surface area (Å²) >= 11 is 1.25. The first-order chi connectivity index (χ1) is 8.16. The fourth-order valence-electron chi connectivity index (χ4n) is 1.40. The summed E-state index contributed by atoms with van der Waals surface area (Å²) in [6, 6.07) is 3.63. The second-order valence-electron chi connectivity index (χ2n) is 3.55. The maximum absolute atomic E-state index is 11.8. The number of carbonyl (C=O) groups is 1. The van der Waals surface area contributed by atoms with Crippen LogP contribution in [0.5, 0.6) is 0 Å². The molecule has 0 saturated heterocycles. The highest BCUT2D eigenvalue weighted by atomic mass is 32.1. The summed E-state index contributed by atoms with van der Waals surface area (Å²) in [5.74, 6) is -0.220. The van der Waals surface area contributed by atoms with Crippen molar-refractivity contribution in [2.45, 2.75) is 13.0 Å². The molecule has 1 atom stereocenters. The van der Waals surface area contributed by atoms with Crippen molar-refractivity contribution in [1.82, 2.24) is 15.3 Å². The van der Waals surface area contributed by atoms with E-state index in [1.54, 1.807) is 17.8 Å². The molecule has 0 unspecified atom stereocenters. The molecule has 0 aliphatic heterocycles. The summed E-state index contributed by atoms with van der Waals surface area (Å²) in [5, 5.41) is 4.89. The number of carbonyl (C=O) groups excluding carboxylic acids is 1. The number of nitrogens with one attached hydrogen (secondary N) is 1. The molecule has 2 aromatic heterocycles. The molecule has 0 aromatic carbocycles. The zero-order valence-corrected chi connectivity index (χ0v) is 10.1. The summed E-state index contributed by atoms with van der Waals surface area (Å²) in [6.07, 6.45) is 3.39. The Kier molecular flexibility index (Phi) is 3.34. The summed E-state index contributed by atoms with van der Waals surface area (Å²) in [7, 11) is 0. The van der Waals surface area contributed by atoms with E-state index in [9.17, 15) is 4.79 Å². The van der Waals surface area contributed by atoms with Gasteiger partial charge in [-0.15, -0.1) is 11.3 Å². The highest BCUT2D eigenvalue weighted by Gasteiger charge is 2.13. The second kappa shape index (κ2) is 4.92. The average Bonchev–Trinajstić information content (AvgIpc) is 2.77. The molecule has 88 valence electrons. The molecule has 2 rings (SSSR count). The molecule has 6 heteroatoms. The van der Waals surface area contributed by atoms with Gasteiger partial charge in [-0.05, 0) is 24.6 Å². The third-order valence-electron chi connectivity index (χ3n) is 2.31. The molecule has 0 radical (unpaired) electrons. The molecule has 0 fully saturated rings. The molecular formula is C11H12N4OS. The first kappa shape index (κ1) is 11.5. The zero-order valence-electron chi connectivity index (χ0n) is 9.25. The van der Waals surface area contributed by atoms with Crippen molar-refractivity contribution in [3.05, 3.63) is 41.2 Å². The lowest BCUT2D eigenvalue weighted by Crippen LogP contribution is -2.26. The summed E-state index contributed by atoms with van der Waals surface area (Å²) in [4.78, 5) is 19.7. The lowest BCUT2D eigenvalue weighted by Gasteiger charge is -2.12. The highest BCUT2D eigenvalue weighted by molar-refractivity contribution is 7.13. The van der Waals surface area contributed by atoms with Gasteiger partial charge in [-0.1, -0.05) is 0 Å². The maximum atomic E-state index is 11.8. The van der Waals surface area contributed by atoms with E-state index in [1.165, 1.54) is 11.3 Å². The second-order valence-corrected chi connectivity index (χ2v) is 4.44. The van der Waals surface area contributed by atoms with Crippen LogP contribution >= 0.6 is 11.3 Å². The number of rotatable bonds is 3. The van der Waals surface area contributed by atoms with Gasteiger partial charge in [0.15, 0.2) is 5.13 Å². The Morgan fingerprint density at radius 3 is 2.76 bits per heavy atom. The number of pyridine rings is 1. The monoisotopic (exact) mass is 248 g/mol. The summed E-state index contributed by atoms with van der Waals surface area (Å²) in [6.45, 7) is 1.91. The number of hydrogen-bond donors (Lipinski definition) is 2. The van der Waals surface area contributed by atoms with Crippen LogP contribution in [-0.2, 0) is 0 Å². The Labute approximate surface area is 103 Å². The number of hydrogen-bond acceptors (Lipinski definition) is 5. The van der Waals surface area contributed by atoms with E-state index < -0.39 is 0 Å². The highest BCUT2D eigenvalue weighted by Crippen LogP contribution is 2.14. The Morgan fingerprint density at radius 2 is 2.18 bits per heavy atom. The van der Waals surface area contributed by atoms with Crippen LogP contribution in [0.15, 0.2) is 29.9 Å². The van der Waals surface area contributed by atoms with Crippen molar-refractivity contribution < 1.29 is 4.79 Å². The van der Waals surface area contributed by atoms with Gasteiger partial charge in [0.1, 0.15) is 5.69 Å². The molecule has 0 bridgehead atoms. The van der Waals surface area contributed by atoms with Crippen LogP contribution < -0.4 is 11.1 Å². The molecule has 5 nitrogen and oxygen atoms in total. The standard InChI is InChI=1S/C11H12N4OS/c1-7(8-2-4-13-5-3-8)14-10(16)9-6-17-11(12)15-9/h2-7H,1H3,(H2,12,15)(H,14,16)/t7-/m0/s1. The molecule has 2 heterocycles. The summed E-state index contributed by atoms with van der Waals surface area (Å²) in [5.41, 5.74) is 6.83. The summed E-state index contributed by atoms with van der Waals surface area (Å²) < 4.78 is 0. The van der Waals surface area contributed by atoms with Crippen LogP contribution in [0.25, 0.3) is 0 Å². The van der Waals surface area contributed by atoms with Crippen molar-refractivity contribution in [1.29, 1.82) is 0 Å². The third kappa shape index (κ3) is 2.79. The van der Waals surface area contributed by atoms with Gasteiger partial charge < -0.3 is 11.1 Å². The molecule has 0 saturated carbocycles. The van der Waals surface area contributed by atoms with Gasteiger partial charge in [0.25, 0.3) is 5.91 Å². The number of nitrogens with two attached hydrogens (primary N) is 1.